The Kier molecular flexibility index (Phi) is 4.92. The molecule has 22 heavy (non-hydrogen) atoms. The van der Waals surface area contributed by atoms with Crippen LogP contribution in [0.25, 0.3) is 10.9 Å². The number of fused-ring (bicyclic) bond motifs is 1. The van der Waals surface area contributed by atoms with Gasteiger partial charge in [-0.2, -0.15) is 0 Å². The fourth-order valence-electron chi connectivity index (χ4n) is 3.05. The lowest BCUT2D eigenvalue weighted by Crippen LogP contribution is -2.07. The number of aromatic nitrogens is 1. The van der Waals surface area contributed by atoms with Gasteiger partial charge >= 0.3 is 0 Å². The Bertz CT molecular complexity index is 713. The normalized spacial score (nSPS) is 11.1. The van der Waals surface area contributed by atoms with Crippen LogP contribution < -0.4 is 5.32 Å². The first kappa shape index (κ1) is 14.9. The maximum atomic E-state index is 3.22. The van der Waals surface area contributed by atoms with E-state index in [0.717, 1.165) is 19.5 Å². The number of rotatable bonds is 7. The van der Waals surface area contributed by atoms with Crippen LogP contribution in [0.2, 0.25) is 0 Å². The zero-order chi connectivity index (χ0) is 15.2. The Labute approximate surface area is 132 Å². The highest BCUT2D eigenvalue weighted by Crippen LogP contribution is 2.23. The average Bonchev–Trinajstić information content (AvgIpc) is 2.91. The van der Waals surface area contributed by atoms with E-state index in [9.17, 15) is 0 Å². The molecular weight excluding hydrogens is 268 g/mol. The zero-order valence-electron chi connectivity index (χ0n) is 13.3. The summed E-state index contributed by atoms with van der Waals surface area (Å²) in [5.41, 5.74) is 4.17. The molecule has 0 aliphatic rings. The molecule has 2 aromatic carbocycles. The molecule has 0 aliphatic heterocycles. The van der Waals surface area contributed by atoms with Gasteiger partial charge < -0.3 is 9.88 Å². The lowest BCUT2D eigenvalue weighted by molar-refractivity contribution is 0.677. The van der Waals surface area contributed by atoms with Gasteiger partial charge in [0, 0.05) is 23.6 Å². The summed E-state index contributed by atoms with van der Waals surface area (Å²) in [6.45, 7) is 2.04. The lowest BCUT2D eigenvalue weighted by Gasteiger charge is -2.05. The van der Waals surface area contributed by atoms with Gasteiger partial charge in [-0.1, -0.05) is 48.5 Å². The quantitative estimate of drug-likeness (QED) is 0.645. The first-order chi connectivity index (χ1) is 10.9. The van der Waals surface area contributed by atoms with Gasteiger partial charge in [0.25, 0.3) is 0 Å². The molecule has 3 rings (SSSR count). The summed E-state index contributed by atoms with van der Waals surface area (Å²) < 4.78 is 2.39. The Balaban J connectivity index is 1.84. The number of aryl methyl sites for hydroxylation is 1. The van der Waals surface area contributed by atoms with Crippen LogP contribution in [0.4, 0.5) is 0 Å². The van der Waals surface area contributed by atoms with Crippen LogP contribution in [0, 0.1) is 0 Å². The molecular formula is C20H24N2. The molecule has 114 valence electrons. The van der Waals surface area contributed by atoms with Crippen molar-refractivity contribution in [1.29, 1.82) is 0 Å². The van der Waals surface area contributed by atoms with Crippen LogP contribution in [0.15, 0.2) is 60.8 Å². The molecule has 0 amide bonds. The van der Waals surface area contributed by atoms with Crippen molar-refractivity contribution in [2.24, 2.45) is 0 Å². The van der Waals surface area contributed by atoms with Crippen LogP contribution in [0.3, 0.4) is 0 Å². The minimum absolute atomic E-state index is 0.942. The maximum Gasteiger partial charge on any atom is 0.0486 e. The fraction of sp³-hybridized carbons (Fsp3) is 0.300. The summed E-state index contributed by atoms with van der Waals surface area (Å²) in [6.07, 6.45) is 5.97. The third kappa shape index (κ3) is 3.40. The summed E-state index contributed by atoms with van der Waals surface area (Å²) in [5, 5.41) is 4.63. The van der Waals surface area contributed by atoms with E-state index in [1.165, 1.54) is 34.9 Å². The number of nitrogens with one attached hydrogen (secondary N) is 1. The van der Waals surface area contributed by atoms with Crippen LogP contribution in [0.1, 0.15) is 24.0 Å². The summed E-state index contributed by atoms with van der Waals surface area (Å²) in [5.74, 6) is 0. The largest absolute Gasteiger partial charge is 0.343 e. The van der Waals surface area contributed by atoms with Gasteiger partial charge in [0.15, 0.2) is 0 Å². The molecule has 0 bridgehead atoms. The van der Waals surface area contributed by atoms with Crippen molar-refractivity contribution in [3.8, 4) is 0 Å². The highest BCUT2D eigenvalue weighted by Gasteiger charge is 2.08. The summed E-state index contributed by atoms with van der Waals surface area (Å²) >= 11 is 0. The van der Waals surface area contributed by atoms with Crippen LogP contribution in [0.5, 0.6) is 0 Å². The average molecular weight is 292 g/mol. The molecule has 1 N–H and O–H groups in total. The van der Waals surface area contributed by atoms with Gasteiger partial charge in [-0.25, -0.2) is 0 Å². The Hall–Kier alpha value is -2.06. The summed E-state index contributed by atoms with van der Waals surface area (Å²) in [6, 6.07) is 19.5. The second kappa shape index (κ2) is 7.28. The molecule has 2 heteroatoms. The molecule has 0 fully saturated rings. The monoisotopic (exact) mass is 292 g/mol. The number of para-hydroxylation sites is 1. The van der Waals surface area contributed by atoms with Crippen molar-refractivity contribution < 1.29 is 0 Å². The van der Waals surface area contributed by atoms with Gasteiger partial charge in [0.05, 0.1) is 0 Å². The smallest absolute Gasteiger partial charge is 0.0486 e. The molecule has 0 saturated carbocycles. The fourth-order valence-corrected chi connectivity index (χ4v) is 3.05. The zero-order valence-corrected chi connectivity index (χ0v) is 13.3. The molecule has 0 spiro atoms. The van der Waals surface area contributed by atoms with Gasteiger partial charge in [-0.05, 0) is 50.0 Å². The number of hydrogen-bond acceptors (Lipinski definition) is 1. The predicted molar refractivity (Wildman–Crippen MR) is 94.3 cm³/mol. The molecule has 2 nitrogen and oxygen atoms in total. The minimum atomic E-state index is 0.942. The Morgan fingerprint density at radius 1 is 0.909 bits per heavy atom. The third-order valence-corrected chi connectivity index (χ3v) is 4.19. The van der Waals surface area contributed by atoms with Gasteiger partial charge in [0.1, 0.15) is 0 Å². The van der Waals surface area contributed by atoms with E-state index in [0.29, 0.717) is 0 Å². The van der Waals surface area contributed by atoms with E-state index in [-0.39, 0.29) is 0 Å². The van der Waals surface area contributed by atoms with Crippen molar-refractivity contribution in [3.63, 3.8) is 0 Å². The van der Waals surface area contributed by atoms with E-state index in [4.69, 9.17) is 0 Å². The molecule has 0 atom stereocenters. The highest BCUT2D eigenvalue weighted by atomic mass is 15.0. The minimum Gasteiger partial charge on any atom is -0.343 e. The Morgan fingerprint density at radius 2 is 1.68 bits per heavy atom. The van der Waals surface area contributed by atoms with E-state index in [2.05, 4.69) is 70.7 Å². The number of benzene rings is 2. The molecule has 0 aliphatic carbocycles. The second-order valence-electron chi connectivity index (χ2n) is 5.85. The second-order valence-corrected chi connectivity index (χ2v) is 5.85. The van der Waals surface area contributed by atoms with Crippen molar-refractivity contribution in [2.45, 2.75) is 25.8 Å². The predicted octanol–water partition coefficient (Wildman–Crippen LogP) is 4.23. The van der Waals surface area contributed by atoms with Gasteiger partial charge in [-0.3, -0.25) is 0 Å². The van der Waals surface area contributed by atoms with Crippen LogP contribution in [-0.4, -0.2) is 18.2 Å². The van der Waals surface area contributed by atoms with E-state index in [1.807, 2.05) is 7.05 Å². The molecule has 0 saturated heterocycles. The first-order valence-corrected chi connectivity index (χ1v) is 8.14. The van der Waals surface area contributed by atoms with E-state index in [1.54, 1.807) is 0 Å². The maximum absolute atomic E-state index is 3.22. The van der Waals surface area contributed by atoms with Gasteiger partial charge in [0.2, 0.25) is 0 Å². The van der Waals surface area contributed by atoms with Crippen molar-refractivity contribution in [3.05, 3.63) is 71.9 Å². The van der Waals surface area contributed by atoms with E-state index < -0.39 is 0 Å². The van der Waals surface area contributed by atoms with E-state index >= 15 is 0 Å². The SMILES string of the molecule is CNCCCCc1cn(Cc2ccccc2)c2ccccc12. The number of unbranched alkanes of at least 4 members (excludes halogenated alkanes) is 1. The number of nitrogens with zero attached hydrogens (tertiary/aromatic N) is 1. The molecule has 1 heterocycles. The molecule has 0 unspecified atom stereocenters. The molecule has 1 aromatic heterocycles. The summed E-state index contributed by atoms with van der Waals surface area (Å²) in [7, 11) is 2.02. The number of hydrogen-bond donors (Lipinski definition) is 1. The topological polar surface area (TPSA) is 17.0 Å². The third-order valence-electron chi connectivity index (χ3n) is 4.19. The van der Waals surface area contributed by atoms with Crippen molar-refractivity contribution >= 4 is 10.9 Å². The van der Waals surface area contributed by atoms with Crippen LogP contribution >= 0.6 is 0 Å². The van der Waals surface area contributed by atoms with Crippen LogP contribution in [-0.2, 0) is 13.0 Å². The first-order valence-electron chi connectivity index (χ1n) is 8.14. The standard InChI is InChI=1S/C20H24N2/c1-21-14-8-7-11-18-16-22(15-17-9-3-2-4-10-17)20-13-6-5-12-19(18)20/h2-6,9-10,12-13,16,21H,7-8,11,14-15H2,1H3. The summed E-state index contributed by atoms with van der Waals surface area (Å²) in [4.78, 5) is 0. The van der Waals surface area contributed by atoms with Crippen molar-refractivity contribution in [2.75, 3.05) is 13.6 Å². The Morgan fingerprint density at radius 3 is 2.50 bits per heavy atom. The lowest BCUT2D eigenvalue weighted by atomic mass is 10.1. The van der Waals surface area contributed by atoms with Gasteiger partial charge in [-0.15, -0.1) is 0 Å². The van der Waals surface area contributed by atoms with Crippen molar-refractivity contribution in [1.82, 2.24) is 9.88 Å². The molecule has 3 aromatic rings. The molecule has 0 radical (unpaired) electrons. The highest BCUT2D eigenvalue weighted by molar-refractivity contribution is 5.84.